The molecule has 0 saturated carbocycles. The van der Waals surface area contributed by atoms with Crippen molar-refractivity contribution < 1.29 is 9.18 Å². The summed E-state index contributed by atoms with van der Waals surface area (Å²) in [5, 5.41) is 5.80. The van der Waals surface area contributed by atoms with E-state index >= 15 is 0 Å². The zero-order valence-corrected chi connectivity index (χ0v) is 14.8. The number of halogens is 1. The van der Waals surface area contributed by atoms with E-state index in [1.165, 1.54) is 24.6 Å². The lowest BCUT2D eigenvalue weighted by atomic mass is 9.99. The van der Waals surface area contributed by atoms with Gasteiger partial charge < -0.3 is 15.5 Å². The number of nitrogens with one attached hydrogen (secondary N) is 2. The first-order valence-electron chi connectivity index (χ1n) is 9.04. The van der Waals surface area contributed by atoms with Gasteiger partial charge in [-0.25, -0.2) is 4.39 Å². The summed E-state index contributed by atoms with van der Waals surface area (Å²) >= 11 is 0. The van der Waals surface area contributed by atoms with Crippen molar-refractivity contribution in [2.75, 3.05) is 28.6 Å². The second kappa shape index (κ2) is 6.83. The van der Waals surface area contributed by atoms with Crippen molar-refractivity contribution in [3.05, 3.63) is 60.0 Å². The SMILES string of the molecule is CC1CCN(c2ccc(N/C=C3/C(=O)Nc4cccc(F)c43)cc2)CC1. The van der Waals surface area contributed by atoms with Crippen LogP contribution in [0.5, 0.6) is 0 Å². The molecule has 2 aliphatic rings. The summed E-state index contributed by atoms with van der Waals surface area (Å²) in [5.41, 5.74) is 3.23. The third-order valence-electron chi connectivity index (χ3n) is 5.18. The van der Waals surface area contributed by atoms with E-state index in [0.717, 1.165) is 24.7 Å². The maximum Gasteiger partial charge on any atom is 0.257 e. The highest BCUT2D eigenvalue weighted by Crippen LogP contribution is 2.33. The van der Waals surface area contributed by atoms with E-state index in [9.17, 15) is 9.18 Å². The molecule has 2 aliphatic heterocycles. The average molecular weight is 351 g/mol. The average Bonchev–Trinajstić information content (AvgIpc) is 2.98. The third kappa shape index (κ3) is 3.17. The first-order chi connectivity index (χ1) is 12.6. The molecule has 26 heavy (non-hydrogen) atoms. The molecule has 0 spiro atoms. The van der Waals surface area contributed by atoms with Crippen molar-refractivity contribution in [1.82, 2.24) is 0 Å². The second-order valence-electron chi connectivity index (χ2n) is 7.04. The zero-order valence-electron chi connectivity index (χ0n) is 14.8. The number of hydrogen-bond acceptors (Lipinski definition) is 3. The van der Waals surface area contributed by atoms with Gasteiger partial charge in [0.1, 0.15) is 5.82 Å². The Bertz CT molecular complexity index is 852. The summed E-state index contributed by atoms with van der Waals surface area (Å²) in [5.74, 6) is 0.111. The number of anilines is 3. The van der Waals surface area contributed by atoms with E-state index in [0.29, 0.717) is 16.8 Å². The van der Waals surface area contributed by atoms with Gasteiger partial charge >= 0.3 is 0 Å². The van der Waals surface area contributed by atoms with Crippen molar-refractivity contribution in [3.63, 3.8) is 0 Å². The van der Waals surface area contributed by atoms with Gasteiger partial charge in [-0.1, -0.05) is 13.0 Å². The van der Waals surface area contributed by atoms with Crippen LogP contribution in [-0.2, 0) is 4.79 Å². The van der Waals surface area contributed by atoms with Gasteiger partial charge in [0.2, 0.25) is 0 Å². The van der Waals surface area contributed by atoms with Crippen LogP contribution in [0.3, 0.4) is 0 Å². The summed E-state index contributed by atoms with van der Waals surface area (Å²) < 4.78 is 14.1. The van der Waals surface area contributed by atoms with Crippen molar-refractivity contribution >= 4 is 28.5 Å². The predicted molar refractivity (Wildman–Crippen MR) is 104 cm³/mol. The number of fused-ring (bicyclic) bond motifs is 1. The fourth-order valence-corrected chi connectivity index (χ4v) is 3.53. The molecule has 0 radical (unpaired) electrons. The second-order valence-corrected chi connectivity index (χ2v) is 7.04. The van der Waals surface area contributed by atoms with E-state index in [4.69, 9.17) is 0 Å². The Morgan fingerprint density at radius 2 is 1.88 bits per heavy atom. The largest absolute Gasteiger partial charge is 0.372 e. The maximum absolute atomic E-state index is 14.1. The molecule has 0 unspecified atom stereocenters. The standard InChI is InChI=1S/C21H22FN3O/c1-14-9-11-25(12-10-14)16-7-5-15(6-8-16)23-13-17-20-18(22)3-2-4-19(20)24-21(17)26/h2-8,13-14,23H,9-12H2,1H3,(H,24,26)/b17-13+. The van der Waals surface area contributed by atoms with Crippen LogP contribution in [0, 0.1) is 11.7 Å². The number of carbonyl (C=O) groups excluding carboxylic acids is 1. The summed E-state index contributed by atoms with van der Waals surface area (Å²) in [6.45, 7) is 4.49. The number of benzene rings is 2. The van der Waals surface area contributed by atoms with Crippen LogP contribution in [0.4, 0.5) is 21.5 Å². The van der Waals surface area contributed by atoms with E-state index in [2.05, 4.69) is 34.6 Å². The number of rotatable bonds is 3. The molecule has 4 rings (SSSR count). The third-order valence-corrected chi connectivity index (χ3v) is 5.18. The van der Waals surface area contributed by atoms with Gasteiger partial charge in [-0.05, 0) is 55.2 Å². The Hall–Kier alpha value is -2.82. The highest BCUT2D eigenvalue weighted by molar-refractivity contribution is 6.31. The van der Waals surface area contributed by atoms with E-state index in [-0.39, 0.29) is 5.91 Å². The first-order valence-corrected chi connectivity index (χ1v) is 9.04. The van der Waals surface area contributed by atoms with Crippen LogP contribution >= 0.6 is 0 Å². The molecular formula is C21H22FN3O. The molecule has 4 nitrogen and oxygen atoms in total. The number of amides is 1. The van der Waals surface area contributed by atoms with Gasteiger partial charge in [0.15, 0.2) is 0 Å². The van der Waals surface area contributed by atoms with Gasteiger partial charge in [0.05, 0.1) is 11.3 Å². The van der Waals surface area contributed by atoms with E-state index in [1.54, 1.807) is 18.3 Å². The molecule has 1 amide bonds. The Labute approximate surface area is 152 Å². The normalized spacial score (nSPS) is 18.8. The molecule has 0 atom stereocenters. The molecule has 0 aromatic heterocycles. The van der Waals surface area contributed by atoms with Crippen molar-refractivity contribution in [2.24, 2.45) is 5.92 Å². The van der Waals surface area contributed by atoms with Crippen LogP contribution in [0.15, 0.2) is 48.7 Å². The number of hydrogen-bond donors (Lipinski definition) is 2. The summed E-state index contributed by atoms with van der Waals surface area (Å²) in [6, 6.07) is 12.8. The predicted octanol–water partition coefficient (Wildman–Crippen LogP) is 4.47. The number of nitrogens with zero attached hydrogens (tertiary/aromatic N) is 1. The minimum atomic E-state index is -0.399. The molecule has 2 aromatic carbocycles. The molecule has 2 N–H and O–H groups in total. The highest BCUT2D eigenvalue weighted by Gasteiger charge is 2.27. The molecule has 2 heterocycles. The molecule has 2 aromatic rings. The first kappa shape index (κ1) is 16.6. The van der Waals surface area contributed by atoms with Crippen molar-refractivity contribution in [1.29, 1.82) is 0 Å². The van der Waals surface area contributed by atoms with Gasteiger partial charge in [-0.2, -0.15) is 0 Å². The van der Waals surface area contributed by atoms with Crippen molar-refractivity contribution in [2.45, 2.75) is 19.8 Å². The summed E-state index contributed by atoms with van der Waals surface area (Å²) in [6.07, 6.45) is 4.03. The minimum absolute atomic E-state index is 0.295. The van der Waals surface area contributed by atoms with Crippen LogP contribution < -0.4 is 15.5 Å². The molecule has 5 heteroatoms. The van der Waals surface area contributed by atoms with Gasteiger partial charge in [-0.15, -0.1) is 0 Å². The Kier molecular flexibility index (Phi) is 4.37. The van der Waals surface area contributed by atoms with Crippen LogP contribution in [0.2, 0.25) is 0 Å². The molecule has 1 saturated heterocycles. The molecular weight excluding hydrogens is 329 g/mol. The lowest BCUT2D eigenvalue weighted by Crippen LogP contribution is -2.32. The quantitative estimate of drug-likeness (QED) is 0.802. The summed E-state index contributed by atoms with van der Waals surface area (Å²) in [7, 11) is 0. The van der Waals surface area contributed by atoms with Crippen LogP contribution in [0.25, 0.3) is 5.57 Å². The maximum atomic E-state index is 14.1. The molecule has 0 aliphatic carbocycles. The Balaban J connectivity index is 1.49. The highest BCUT2D eigenvalue weighted by atomic mass is 19.1. The topological polar surface area (TPSA) is 44.4 Å². The van der Waals surface area contributed by atoms with Crippen molar-refractivity contribution in [3.8, 4) is 0 Å². The molecule has 0 bridgehead atoms. The lowest BCUT2D eigenvalue weighted by molar-refractivity contribution is -0.110. The van der Waals surface area contributed by atoms with E-state index in [1.807, 2.05) is 12.1 Å². The lowest BCUT2D eigenvalue weighted by Gasteiger charge is -2.32. The van der Waals surface area contributed by atoms with Gasteiger partial charge in [-0.3, -0.25) is 4.79 Å². The number of carbonyl (C=O) groups is 1. The van der Waals surface area contributed by atoms with E-state index < -0.39 is 5.82 Å². The zero-order chi connectivity index (χ0) is 18.1. The smallest absolute Gasteiger partial charge is 0.257 e. The fourth-order valence-electron chi connectivity index (χ4n) is 3.53. The molecule has 1 fully saturated rings. The molecule has 134 valence electrons. The van der Waals surface area contributed by atoms with Gasteiger partial charge in [0, 0.05) is 36.2 Å². The van der Waals surface area contributed by atoms with Gasteiger partial charge in [0.25, 0.3) is 5.91 Å². The van der Waals surface area contributed by atoms with Crippen LogP contribution in [-0.4, -0.2) is 19.0 Å². The van der Waals surface area contributed by atoms with Crippen LogP contribution in [0.1, 0.15) is 25.3 Å². The summed E-state index contributed by atoms with van der Waals surface area (Å²) in [4.78, 5) is 14.5. The Morgan fingerprint density at radius 1 is 1.15 bits per heavy atom. The number of piperidine rings is 1. The monoisotopic (exact) mass is 351 g/mol. The fraction of sp³-hybridized carbons (Fsp3) is 0.286. The minimum Gasteiger partial charge on any atom is -0.372 e. The Morgan fingerprint density at radius 3 is 2.62 bits per heavy atom.